The summed E-state index contributed by atoms with van der Waals surface area (Å²) in [7, 11) is 0. The van der Waals surface area contributed by atoms with Crippen LogP contribution in [0.4, 0.5) is 17.1 Å². The Morgan fingerprint density at radius 2 is 2.03 bits per heavy atom. The number of amidine groups is 1. The molecule has 4 N–H and O–H groups in total. The summed E-state index contributed by atoms with van der Waals surface area (Å²) in [6.45, 7) is 0.209. The maximum atomic E-state index is 13.0. The second-order valence-electron chi connectivity index (χ2n) is 6.89. The lowest BCUT2D eigenvalue weighted by molar-refractivity contribution is -0.124. The van der Waals surface area contributed by atoms with Crippen LogP contribution in [0.15, 0.2) is 64.9 Å². The third-order valence-corrected chi connectivity index (χ3v) is 4.95. The zero-order valence-corrected chi connectivity index (χ0v) is 16.2. The van der Waals surface area contributed by atoms with Gasteiger partial charge in [0.15, 0.2) is 5.84 Å². The van der Waals surface area contributed by atoms with Crippen LogP contribution in [0.5, 0.6) is 0 Å². The summed E-state index contributed by atoms with van der Waals surface area (Å²) >= 11 is 0. The largest absolute Gasteiger partial charge is 0.409 e. The SMILES string of the molecule is [N-]=[N+]=NCc1ccc2c3c(ccc2c1)N(c1cccc(/C(N)=N/O)c1)C(=O)CC(=O)N3. The Kier molecular flexibility index (Phi) is 5.13. The van der Waals surface area contributed by atoms with Gasteiger partial charge in [0.2, 0.25) is 11.8 Å². The van der Waals surface area contributed by atoms with Crippen LogP contribution in [0, 0.1) is 0 Å². The smallest absolute Gasteiger partial charge is 0.241 e. The molecule has 0 radical (unpaired) electrons. The molecule has 0 saturated carbocycles. The molecule has 0 bridgehead atoms. The Labute approximate surface area is 176 Å². The topological polar surface area (TPSA) is 157 Å². The van der Waals surface area contributed by atoms with E-state index in [1.54, 1.807) is 36.4 Å². The minimum Gasteiger partial charge on any atom is -0.409 e. The molecule has 10 heteroatoms. The van der Waals surface area contributed by atoms with E-state index in [1.807, 2.05) is 18.2 Å². The van der Waals surface area contributed by atoms with Gasteiger partial charge < -0.3 is 16.3 Å². The van der Waals surface area contributed by atoms with Gasteiger partial charge in [-0.15, -0.1) is 0 Å². The molecule has 154 valence electrons. The number of azide groups is 1. The van der Waals surface area contributed by atoms with E-state index in [0.29, 0.717) is 22.6 Å². The molecule has 3 aromatic rings. The van der Waals surface area contributed by atoms with Crippen molar-refractivity contribution >= 4 is 45.5 Å². The number of nitrogens with one attached hydrogen (secondary N) is 1. The van der Waals surface area contributed by atoms with Crippen LogP contribution in [-0.2, 0) is 16.1 Å². The monoisotopic (exact) mass is 415 g/mol. The fourth-order valence-corrected chi connectivity index (χ4v) is 3.58. The number of benzene rings is 3. The first kappa shape index (κ1) is 19.7. The average Bonchev–Trinajstić information content (AvgIpc) is 2.91. The Balaban J connectivity index is 1.89. The van der Waals surface area contributed by atoms with E-state index in [9.17, 15) is 9.59 Å². The predicted molar refractivity (Wildman–Crippen MR) is 116 cm³/mol. The molecule has 0 atom stereocenters. The summed E-state index contributed by atoms with van der Waals surface area (Å²) in [5.74, 6) is -0.927. The first-order valence-corrected chi connectivity index (χ1v) is 9.29. The van der Waals surface area contributed by atoms with Crippen LogP contribution < -0.4 is 16.0 Å². The molecule has 0 fully saturated rings. The Hall–Kier alpha value is -4.56. The zero-order chi connectivity index (χ0) is 22.0. The lowest BCUT2D eigenvalue weighted by Gasteiger charge is -2.24. The molecule has 4 rings (SSSR count). The van der Waals surface area contributed by atoms with Crippen LogP contribution in [-0.4, -0.2) is 22.9 Å². The van der Waals surface area contributed by atoms with Crippen molar-refractivity contribution in [2.75, 3.05) is 10.2 Å². The number of hydrogen-bond acceptors (Lipinski definition) is 5. The summed E-state index contributed by atoms with van der Waals surface area (Å²) in [6, 6.07) is 15.7. The number of carbonyl (C=O) groups is 2. The Bertz CT molecular complexity index is 1300. The summed E-state index contributed by atoms with van der Waals surface area (Å²) in [5, 5.41) is 20.0. The summed E-state index contributed by atoms with van der Waals surface area (Å²) in [6.07, 6.45) is -0.334. The third kappa shape index (κ3) is 3.70. The third-order valence-electron chi connectivity index (χ3n) is 4.95. The molecule has 0 unspecified atom stereocenters. The molecular weight excluding hydrogens is 398 g/mol. The summed E-state index contributed by atoms with van der Waals surface area (Å²) in [5.41, 5.74) is 17.0. The van der Waals surface area contributed by atoms with Crippen molar-refractivity contribution in [3.05, 3.63) is 76.2 Å². The molecule has 0 aliphatic carbocycles. The second kappa shape index (κ2) is 8.05. The number of oxime groups is 1. The molecule has 1 aliphatic heterocycles. The molecule has 1 aliphatic rings. The molecule has 1 heterocycles. The number of fused-ring (bicyclic) bond motifs is 3. The predicted octanol–water partition coefficient (Wildman–Crippen LogP) is 3.75. The van der Waals surface area contributed by atoms with E-state index < -0.39 is 11.8 Å². The lowest BCUT2D eigenvalue weighted by atomic mass is 10.0. The van der Waals surface area contributed by atoms with Crippen molar-refractivity contribution in [2.45, 2.75) is 13.0 Å². The van der Waals surface area contributed by atoms with Crippen LogP contribution in [0.1, 0.15) is 17.5 Å². The first-order valence-electron chi connectivity index (χ1n) is 9.29. The van der Waals surface area contributed by atoms with E-state index in [1.165, 1.54) is 4.90 Å². The number of carbonyl (C=O) groups excluding carboxylic acids is 2. The molecule has 31 heavy (non-hydrogen) atoms. The van der Waals surface area contributed by atoms with Gasteiger partial charge in [-0.3, -0.25) is 14.5 Å². The Morgan fingerprint density at radius 1 is 1.19 bits per heavy atom. The highest BCUT2D eigenvalue weighted by atomic mass is 16.4. The van der Waals surface area contributed by atoms with Gasteiger partial charge in [0.05, 0.1) is 17.9 Å². The fourth-order valence-electron chi connectivity index (χ4n) is 3.58. The molecule has 10 nitrogen and oxygen atoms in total. The fraction of sp³-hybridized carbons (Fsp3) is 0.0952. The second-order valence-corrected chi connectivity index (χ2v) is 6.89. The van der Waals surface area contributed by atoms with Gasteiger partial charge in [-0.1, -0.05) is 46.7 Å². The highest BCUT2D eigenvalue weighted by Gasteiger charge is 2.29. The lowest BCUT2D eigenvalue weighted by Crippen LogP contribution is -2.26. The number of amides is 2. The van der Waals surface area contributed by atoms with Crippen molar-refractivity contribution < 1.29 is 14.8 Å². The number of rotatable bonds is 4. The molecule has 3 aromatic carbocycles. The van der Waals surface area contributed by atoms with E-state index in [-0.39, 0.29) is 18.8 Å². The van der Waals surface area contributed by atoms with E-state index in [4.69, 9.17) is 16.5 Å². The number of anilines is 3. The van der Waals surface area contributed by atoms with Crippen LogP contribution in [0.2, 0.25) is 0 Å². The minimum absolute atomic E-state index is 0.0929. The molecule has 0 aromatic heterocycles. The normalized spacial score (nSPS) is 13.9. The highest BCUT2D eigenvalue weighted by Crippen LogP contribution is 2.40. The van der Waals surface area contributed by atoms with Gasteiger partial charge in [0, 0.05) is 21.5 Å². The van der Waals surface area contributed by atoms with Gasteiger partial charge in [-0.2, -0.15) is 0 Å². The number of nitrogens with two attached hydrogens (primary N) is 1. The van der Waals surface area contributed by atoms with E-state index >= 15 is 0 Å². The highest BCUT2D eigenvalue weighted by molar-refractivity contribution is 6.21. The quantitative estimate of drug-likeness (QED) is 0.0866. The van der Waals surface area contributed by atoms with E-state index in [2.05, 4.69) is 20.5 Å². The van der Waals surface area contributed by atoms with Crippen molar-refractivity contribution in [2.24, 2.45) is 16.0 Å². The number of hydrogen-bond donors (Lipinski definition) is 3. The van der Waals surface area contributed by atoms with Gasteiger partial charge in [-0.05, 0) is 34.7 Å². The molecular formula is C21H17N7O3. The maximum absolute atomic E-state index is 13.0. The number of nitrogens with zero attached hydrogens (tertiary/aromatic N) is 5. The first-order chi connectivity index (χ1) is 15.0. The minimum atomic E-state index is -0.424. The van der Waals surface area contributed by atoms with Crippen LogP contribution in [0.25, 0.3) is 21.2 Å². The standard InChI is InChI=1S/C21H17N7O3/c22-21(26-31)14-2-1-3-15(9-14)28-17-7-5-13-8-12(11-24-27-23)4-6-16(13)20(17)25-18(29)10-19(28)30/h1-9,31H,10-11H2,(H2,22,26)(H,25,29). The summed E-state index contributed by atoms with van der Waals surface area (Å²) in [4.78, 5) is 29.6. The van der Waals surface area contributed by atoms with Crippen molar-refractivity contribution in [1.29, 1.82) is 0 Å². The maximum Gasteiger partial charge on any atom is 0.241 e. The van der Waals surface area contributed by atoms with Crippen LogP contribution >= 0.6 is 0 Å². The summed E-state index contributed by atoms with van der Waals surface area (Å²) < 4.78 is 0. The van der Waals surface area contributed by atoms with Gasteiger partial charge >= 0.3 is 0 Å². The Morgan fingerprint density at radius 3 is 2.81 bits per heavy atom. The molecule has 2 amide bonds. The van der Waals surface area contributed by atoms with Crippen molar-refractivity contribution in [1.82, 2.24) is 0 Å². The van der Waals surface area contributed by atoms with Gasteiger partial charge in [0.25, 0.3) is 0 Å². The van der Waals surface area contributed by atoms with E-state index in [0.717, 1.165) is 16.3 Å². The molecule has 0 spiro atoms. The zero-order valence-electron chi connectivity index (χ0n) is 16.2. The van der Waals surface area contributed by atoms with Gasteiger partial charge in [-0.25, -0.2) is 0 Å². The van der Waals surface area contributed by atoms with Gasteiger partial charge in [0.1, 0.15) is 6.42 Å². The van der Waals surface area contributed by atoms with Crippen molar-refractivity contribution in [3.63, 3.8) is 0 Å². The van der Waals surface area contributed by atoms with Crippen LogP contribution in [0.3, 0.4) is 0 Å². The average molecular weight is 415 g/mol. The van der Waals surface area contributed by atoms with Crippen molar-refractivity contribution in [3.8, 4) is 0 Å². The molecule has 0 saturated heterocycles.